The van der Waals surface area contributed by atoms with Crippen LogP contribution in [0.4, 0.5) is 0 Å². The highest BCUT2D eigenvalue weighted by Gasteiger charge is 2.20. The smallest absolute Gasteiger partial charge is 0.315 e. The van der Waals surface area contributed by atoms with Gasteiger partial charge in [0.15, 0.2) is 0 Å². The summed E-state index contributed by atoms with van der Waals surface area (Å²) < 4.78 is 10.2. The molecule has 0 saturated carbocycles. The molecule has 0 aliphatic carbocycles. The van der Waals surface area contributed by atoms with E-state index in [0.717, 1.165) is 18.6 Å². The first-order valence-corrected chi connectivity index (χ1v) is 14.5. The highest BCUT2D eigenvalue weighted by molar-refractivity contribution is 7.99. The molecule has 0 heterocycles. The summed E-state index contributed by atoms with van der Waals surface area (Å²) in [5.74, 6) is -1.12. The Balaban J connectivity index is 3.20. The van der Waals surface area contributed by atoms with Crippen molar-refractivity contribution in [2.75, 3.05) is 24.7 Å². The average molecular weight is 477 g/mol. The van der Waals surface area contributed by atoms with Crippen LogP contribution >= 0.6 is 11.8 Å². The van der Waals surface area contributed by atoms with Crippen LogP contribution in [-0.4, -0.2) is 46.9 Å². The third-order valence-electron chi connectivity index (χ3n) is 5.71. The van der Waals surface area contributed by atoms with Crippen molar-refractivity contribution in [2.45, 2.75) is 135 Å². The minimum absolute atomic E-state index is 0.131. The molecule has 6 heteroatoms. The van der Waals surface area contributed by atoms with Gasteiger partial charge in [0.2, 0.25) is 0 Å². The number of carbonyl (C=O) groups excluding carboxylic acids is 1. The maximum atomic E-state index is 11.7. The summed E-state index contributed by atoms with van der Waals surface area (Å²) in [6.07, 6.45) is 22.2. The van der Waals surface area contributed by atoms with Gasteiger partial charge in [0.1, 0.15) is 0 Å². The number of hydrogen-bond acceptors (Lipinski definition) is 6. The monoisotopic (exact) mass is 476 g/mol. The van der Waals surface area contributed by atoms with Crippen molar-refractivity contribution >= 4 is 17.7 Å². The normalized spacial score (nSPS) is 11.8. The van der Waals surface area contributed by atoms with E-state index in [4.69, 9.17) is 9.47 Å². The molecule has 192 valence electrons. The van der Waals surface area contributed by atoms with Gasteiger partial charge < -0.3 is 19.7 Å². The summed E-state index contributed by atoms with van der Waals surface area (Å²) in [5, 5.41) is 18.6. The molecule has 0 amide bonds. The summed E-state index contributed by atoms with van der Waals surface area (Å²) in [6.45, 7) is 4.71. The number of hydrogen-bond donors (Lipinski definition) is 2. The molecule has 0 aromatic heterocycles. The van der Waals surface area contributed by atoms with E-state index in [9.17, 15) is 15.0 Å². The van der Waals surface area contributed by atoms with E-state index in [1.807, 2.05) is 0 Å². The van der Waals surface area contributed by atoms with Crippen molar-refractivity contribution in [3.8, 4) is 0 Å². The second-order valence-corrected chi connectivity index (χ2v) is 9.98. The molecule has 5 nitrogen and oxygen atoms in total. The van der Waals surface area contributed by atoms with Crippen LogP contribution in [-0.2, 0) is 14.3 Å². The van der Waals surface area contributed by atoms with Gasteiger partial charge in [0, 0.05) is 6.42 Å². The summed E-state index contributed by atoms with van der Waals surface area (Å²) in [7, 11) is 0. The zero-order valence-electron chi connectivity index (χ0n) is 21.1. The van der Waals surface area contributed by atoms with Crippen LogP contribution in [0.5, 0.6) is 0 Å². The second kappa shape index (κ2) is 23.8. The molecular weight excluding hydrogens is 424 g/mol. The van der Waals surface area contributed by atoms with E-state index in [-0.39, 0.29) is 19.0 Å². The molecule has 0 aromatic carbocycles. The van der Waals surface area contributed by atoms with Gasteiger partial charge in [0.05, 0.1) is 19.0 Å². The summed E-state index contributed by atoms with van der Waals surface area (Å²) in [4.78, 5) is 11.7. The molecule has 0 aromatic rings. The lowest BCUT2D eigenvalue weighted by Crippen LogP contribution is -2.31. The van der Waals surface area contributed by atoms with Crippen molar-refractivity contribution in [1.82, 2.24) is 0 Å². The molecular formula is C26H52O5S. The van der Waals surface area contributed by atoms with E-state index in [1.165, 1.54) is 102 Å². The van der Waals surface area contributed by atoms with Crippen molar-refractivity contribution in [1.29, 1.82) is 0 Å². The molecule has 0 rings (SSSR count). The Morgan fingerprint density at radius 1 is 0.688 bits per heavy atom. The van der Waals surface area contributed by atoms with E-state index in [2.05, 4.69) is 6.92 Å². The van der Waals surface area contributed by atoms with Crippen LogP contribution in [0.1, 0.15) is 129 Å². The van der Waals surface area contributed by atoms with Gasteiger partial charge in [-0.25, -0.2) is 0 Å². The Kier molecular flexibility index (Phi) is 23.6. The van der Waals surface area contributed by atoms with E-state index in [1.54, 1.807) is 6.92 Å². The largest absolute Gasteiger partial charge is 0.465 e. The number of unbranched alkanes of at least 4 members (excludes halogenated alkanes) is 15. The van der Waals surface area contributed by atoms with Crippen molar-refractivity contribution in [2.24, 2.45) is 0 Å². The minimum Gasteiger partial charge on any atom is -0.465 e. The lowest BCUT2D eigenvalue weighted by Gasteiger charge is -2.19. The Morgan fingerprint density at radius 3 is 1.62 bits per heavy atom. The maximum absolute atomic E-state index is 11.7. The predicted octanol–water partition coefficient (Wildman–Crippen LogP) is 6.98. The summed E-state index contributed by atoms with van der Waals surface area (Å²) >= 11 is 1.49. The topological polar surface area (TPSA) is 76.0 Å². The quantitative estimate of drug-likeness (QED) is 0.0841. The standard InChI is InChI=1S/C26H52O5S/c1-3-5-6-7-8-9-10-11-12-13-14-15-16-17-18-19-21-30-25(27)24-32-23-20-22-31-26(28,29)4-2/h28-29H,3-24H2,1-2H3. The first-order chi connectivity index (χ1) is 15.5. The Bertz CT molecular complexity index is 404. The Labute approximate surface area is 202 Å². The van der Waals surface area contributed by atoms with Crippen molar-refractivity contribution < 1.29 is 24.5 Å². The molecule has 0 fully saturated rings. The minimum atomic E-state index is -2.03. The van der Waals surface area contributed by atoms with Gasteiger partial charge in [-0.3, -0.25) is 4.79 Å². The van der Waals surface area contributed by atoms with Gasteiger partial charge in [-0.1, -0.05) is 110 Å². The van der Waals surface area contributed by atoms with E-state index >= 15 is 0 Å². The number of aliphatic hydroxyl groups is 2. The fraction of sp³-hybridized carbons (Fsp3) is 0.962. The SMILES string of the molecule is CCCCCCCCCCCCCCCCCCOC(=O)CSCCCOC(O)(O)CC. The van der Waals surface area contributed by atoms with Crippen LogP contribution in [0.2, 0.25) is 0 Å². The third-order valence-corrected chi connectivity index (χ3v) is 6.72. The van der Waals surface area contributed by atoms with E-state index < -0.39 is 5.97 Å². The van der Waals surface area contributed by atoms with Gasteiger partial charge >= 0.3 is 5.97 Å². The lowest BCUT2D eigenvalue weighted by molar-refractivity contribution is -0.338. The first kappa shape index (κ1) is 31.7. The summed E-state index contributed by atoms with van der Waals surface area (Å²) in [5.41, 5.74) is 0. The molecule has 0 bridgehead atoms. The molecule has 0 atom stereocenters. The van der Waals surface area contributed by atoms with Crippen LogP contribution in [0.3, 0.4) is 0 Å². The third kappa shape index (κ3) is 24.3. The lowest BCUT2D eigenvalue weighted by atomic mass is 10.0. The van der Waals surface area contributed by atoms with Gasteiger partial charge in [0.25, 0.3) is 5.97 Å². The number of thioether (sulfide) groups is 1. The van der Waals surface area contributed by atoms with Gasteiger partial charge in [-0.15, -0.1) is 0 Å². The molecule has 0 unspecified atom stereocenters. The molecule has 0 radical (unpaired) electrons. The fourth-order valence-corrected chi connectivity index (χ4v) is 4.25. The number of carbonyl (C=O) groups is 1. The number of esters is 1. The zero-order chi connectivity index (χ0) is 23.8. The van der Waals surface area contributed by atoms with Crippen LogP contribution in [0, 0.1) is 0 Å². The molecule has 0 aliphatic heterocycles. The highest BCUT2D eigenvalue weighted by Crippen LogP contribution is 2.14. The van der Waals surface area contributed by atoms with Gasteiger partial charge in [-0.05, 0) is 18.6 Å². The molecule has 2 N–H and O–H groups in total. The number of rotatable bonds is 25. The molecule has 32 heavy (non-hydrogen) atoms. The average Bonchev–Trinajstić information content (AvgIpc) is 2.78. The second-order valence-electron chi connectivity index (χ2n) is 8.88. The van der Waals surface area contributed by atoms with Crippen LogP contribution in [0.15, 0.2) is 0 Å². The Hall–Kier alpha value is -0.300. The first-order valence-electron chi connectivity index (χ1n) is 13.3. The fourth-order valence-electron chi connectivity index (χ4n) is 3.53. The van der Waals surface area contributed by atoms with Crippen molar-refractivity contribution in [3.63, 3.8) is 0 Å². The van der Waals surface area contributed by atoms with Crippen molar-refractivity contribution in [3.05, 3.63) is 0 Å². The molecule has 0 aliphatic rings. The molecule has 0 spiro atoms. The predicted molar refractivity (Wildman–Crippen MR) is 136 cm³/mol. The maximum Gasteiger partial charge on any atom is 0.315 e. The Morgan fingerprint density at radius 2 is 1.16 bits per heavy atom. The van der Waals surface area contributed by atoms with Crippen LogP contribution in [0.25, 0.3) is 0 Å². The van der Waals surface area contributed by atoms with Gasteiger partial charge in [-0.2, -0.15) is 11.8 Å². The zero-order valence-corrected chi connectivity index (χ0v) is 21.9. The van der Waals surface area contributed by atoms with E-state index in [0.29, 0.717) is 18.8 Å². The summed E-state index contributed by atoms with van der Waals surface area (Å²) in [6, 6.07) is 0. The highest BCUT2D eigenvalue weighted by atomic mass is 32.2. The number of ether oxygens (including phenoxy) is 2. The van der Waals surface area contributed by atoms with Crippen LogP contribution < -0.4 is 0 Å². The molecule has 0 saturated heterocycles.